The first kappa shape index (κ1) is 14.8. The van der Waals surface area contributed by atoms with Crippen LogP contribution in [0.3, 0.4) is 0 Å². The van der Waals surface area contributed by atoms with Crippen molar-refractivity contribution in [2.45, 2.75) is 42.6 Å². The third-order valence-corrected chi connectivity index (χ3v) is 5.37. The molecule has 112 valence electrons. The molecule has 21 heavy (non-hydrogen) atoms. The number of halogens is 2. The number of fused-ring (bicyclic) bond motifs is 2. The number of nitro benzene ring substituents is 1. The molecule has 0 aliphatic carbocycles. The molecule has 2 saturated heterocycles. The highest BCUT2D eigenvalue weighted by Gasteiger charge is 2.44. The van der Waals surface area contributed by atoms with E-state index in [0.29, 0.717) is 4.83 Å². The summed E-state index contributed by atoms with van der Waals surface area (Å²) >= 11 is 9.69. The van der Waals surface area contributed by atoms with Crippen LogP contribution in [0.1, 0.15) is 36.0 Å². The fourth-order valence-corrected chi connectivity index (χ4v) is 4.56. The molecule has 2 aliphatic rings. The van der Waals surface area contributed by atoms with Gasteiger partial charge in [-0.15, -0.1) is 0 Å². The van der Waals surface area contributed by atoms with Gasteiger partial charge >= 0.3 is 0 Å². The van der Waals surface area contributed by atoms with Crippen LogP contribution in [0.25, 0.3) is 0 Å². The fourth-order valence-electron chi connectivity index (χ4n) is 3.45. The molecule has 2 aliphatic heterocycles. The van der Waals surface area contributed by atoms with Crippen LogP contribution in [0, 0.1) is 10.1 Å². The summed E-state index contributed by atoms with van der Waals surface area (Å²) in [7, 11) is 0. The lowest BCUT2D eigenvalue weighted by molar-refractivity contribution is -0.385. The van der Waals surface area contributed by atoms with Crippen molar-refractivity contribution >= 4 is 39.1 Å². The number of hydrogen-bond acceptors (Lipinski definition) is 3. The molecule has 1 amide bonds. The van der Waals surface area contributed by atoms with Gasteiger partial charge in [0.25, 0.3) is 11.6 Å². The van der Waals surface area contributed by atoms with Gasteiger partial charge in [-0.05, 0) is 31.7 Å². The van der Waals surface area contributed by atoms with Crippen LogP contribution in [0.2, 0.25) is 5.02 Å². The zero-order valence-electron chi connectivity index (χ0n) is 11.2. The molecule has 2 atom stereocenters. The molecule has 2 unspecified atom stereocenters. The quantitative estimate of drug-likeness (QED) is 0.450. The number of alkyl halides is 1. The summed E-state index contributed by atoms with van der Waals surface area (Å²) in [5.74, 6) is -0.306. The van der Waals surface area contributed by atoms with E-state index < -0.39 is 4.92 Å². The number of amides is 1. The van der Waals surface area contributed by atoms with Crippen LogP contribution in [-0.2, 0) is 0 Å². The van der Waals surface area contributed by atoms with Gasteiger partial charge in [0, 0.05) is 23.0 Å². The number of rotatable bonds is 2. The first-order chi connectivity index (χ1) is 9.99. The lowest BCUT2D eigenvalue weighted by Crippen LogP contribution is -2.47. The molecule has 1 aromatic rings. The minimum atomic E-state index is -0.543. The Labute approximate surface area is 135 Å². The first-order valence-corrected chi connectivity index (χ1v) is 8.18. The van der Waals surface area contributed by atoms with Crippen molar-refractivity contribution in [3.8, 4) is 0 Å². The third-order valence-electron chi connectivity index (χ3n) is 4.31. The Morgan fingerprint density at radius 1 is 1.33 bits per heavy atom. The van der Waals surface area contributed by atoms with Gasteiger partial charge in [0.05, 0.1) is 9.95 Å². The van der Waals surface area contributed by atoms with Crippen LogP contribution in [0.5, 0.6) is 0 Å². The summed E-state index contributed by atoms with van der Waals surface area (Å²) in [4.78, 5) is 25.7. The molecule has 0 spiro atoms. The minimum Gasteiger partial charge on any atom is -0.332 e. The number of piperidine rings is 1. The fraction of sp³-hybridized carbons (Fsp3) is 0.500. The molecule has 7 heteroatoms. The van der Waals surface area contributed by atoms with Gasteiger partial charge in [-0.2, -0.15) is 0 Å². The Morgan fingerprint density at radius 3 is 2.52 bits per heavy atom. The van der Waals surface area contributed by atoms with Crippen LogP contribution in [0.4, 0.5) is 5.69 Å². The van der Waals surface area contributed by atoms with Crippen LogP contribution < -0.4 is 0 Å². The van der Waals surface area contributed by atoms with Crippen molar-refractivity contribution in [3.63, 3.8) is 0 Å². The van der Waals surface area contributed by atoms with Crippen molar-refractivity contribution in [1.82, 2.24) is 4.90 Å². The van der Waals surface area contributed by atoms with E-state index >= 15 is 0 Å². The van der Waals surface area contributed by atoms with Crippen LogP contribution in [-0.4, -0.2) is 32.6 Å². The SMILES string of the molecule is O=C(c1c(Cl)cccc1[N+](=O)[O-])N1C2CCC1CC(Br)C2. The highest BCUT2D eigenvalue weighted by molar-refractivity contribution is 9.09. The van der Waals surface area contributed by atoms with Gasteiger partial charge in [-0.25, -0.2) is 0 Å². The summed E-state index contributed by atoms with van der Waals surface area (Å²) < 4.78 is 0. The summed E-state index contributed by atoms with van der Waals surface area (Å²) in [6.07, 6.45) is 3.69. The molecular formula is C14H14BrClN2O3. The molecule has 2 bridgehead atoms. The van der Waals surface area contributed by atoms with E-state index in [-0.39, 0.29) is 34.3 Å². The summed E-state index contributed by atoms with van der Waals surface area (Å²) in [6, 6.07) is 4.66. The van der Waals surface area contributed by atoms with Crippen molar-refractivity contribution < 1.29 is 9.72 Å². The van der Waals surface area contributed by atoms with E-state index in [0.717, 1.165) is 25.7 Å². The molecule has 0 saturated carbocycles. The predicted molar refractivity (Wildman–Crippen MR) is 83.0 cm³/mol. The Kier molecular flexibility index (Phi) is 3.92. The lowest BCUT2D eigenvalue weighted by Gasteiger charge is -2.37. The second kappa shape index (κ2) is 5.57. The van der Waals surface area contributed by atoms with Gasteiger partial charge in [0.1, 0.15) is 5.56 Å². The second-order valence-corrected chi connectivity index (χ2v) is 7.26. The van der Waals surface area contributed by atoms with Crippen molar-refractivity contribution in [1.29, 1.82) is 0 Å². The lowest BCUT2D eigenvalue weighted by atomic mass is 10.0. The molecule has 2 fully saturated rings. The summed E-state index contributed by atoms with van der Waals surface area (Å²) in [5, 5.41) is 11.3. The number of carbonyl (C=O) groups is 1. The molecule has 5 nitrogen and oxygen atoms in total. The van der Waals surface area contributed by atoms with Crippen LogP contribution in [0.15, 0.2) is 18.2 Å². The third kappa shape index (κ3) is 2.55. The van der Waals surface area contributed by atoms with E-state index in [1.807, 2.05) is 4.90 Å². The maximum atomic E-state index is 12.8. The zero-order chi connectivity index (χ0) is 15.1. The zero-order valence-corrected chi connectivity index (χ0v) is 13.5. The largest absolute Gasteiger partial charge is 0.332 e. The van der Waals surface area contributed by atoms with Gasteiger partial charge in [0.15, 0.2) is 0 Å². The monoisotopic (exact) mass is 372 g/mol. The van der Waals surface area contributed by atoms with E-state index in [1.165, 1.54) is 18.2 Å². The first-order valence-electron chi connectivity index (χ1n) is 6.88. The molecule has 0 radical (unpaired) electrons. The molecule has 3 rings (SSSR count). The van der Waals surface area contributed by atoms with Crippen molar-refractivity contribution in [3.05, 3.63) is 38.9 Å². The minimum absolute atomic E-state index is 0.0223. The molecule has 0 aromatic heterocycles. The smallest absolute Gasteiger partial charge is 0.283 e. The van der Waals surface area contributed by atoms with E-state index in [1.54, 1.807) is 0 Å². The average molecular weight is 374 g/mol. The molecule has 1 aromatic carbocycles. The predicted octanol–water partition coefficient (Wildman–Crippen LogP) is 3.78. The van der Waals surface area contributed by atoms with Crippen LogP contribution >= 0.6 is 27.5 Å². The average Bonchev–Trinajstić information content (AvgIpc) is 2.70. The highest BCUT2D eigenvalue weighted by atomic mass is 79.9. The maximum absolute atomic E-state index is 12.8. The van der Waals surface area contributed by atoms with Crippen molar-refractivity contribution in [2.24, 2.45) is 0 Å². The number of nitro groups is 1. The topological polar surface area (TPSA) is 63.4 Å². The molecule has 0 N–H and O–H groups in total. The second-order valence-electron chi connectivity index (χ2n) is 5.56. The van der Waals surface area contributed by atoms with E-state index in [4.69, 9.17) is 11.6 Å². The van der Waals surface area contributed by atoms with Gasteiger partial charge < -0.3 is 4.90 Å². The molecule has 2 heterocycles. The van der Waals surface area contributed by atoms with E-state index in [2.05, 4.69) is 15.9 Å². The molecular weight excluding hydrogens is 360 g/mol. The Balaban J connectivity index is 1.99. The maximum Gasteiger partial charge on any atom is 0.283 e. The number of carbonyl (C=O) groups excluding carboxylic acids is 1. The Morgan fingerprint density at radius 2 is 1.95 bits per heavy atom. The van der Waals surface area contributed by atoms with Gasteiger partial charge in [-0.1, -0.05) is 33.6 Å². The number of hydrogen-bond donors (Lipinski definition) is 0. The number of benzene rings is 1. The summed E-state index contributed by atoms with van der Waals surface area (Å²) in [6.45, 7) is 0. The highest BCUT2D eigenvalue weighted by Crippen LogP contribution is 2.41. The van der Waals surface area contributed by atoms with E-state index in [9.17, 15) is 14.9 Å². The Hall–Kier alpha value is -1.14. The van der Waals surface area contributed by atoms with Gasteiger partial charge in [0.2, 0.25) is 0 Å². The van der Waals surface area contributed by atoms with Crippen molar-refractivity contribution in [2.75, 3.05) is 0 Å². The Bertz CT molecular complexity index is 596. The summed E-state index contributed by atoms with van der Waals surface area (Å²) in [5.41, 5.74) is -0.193. The van der Waals surface area contributed by atoms with Gasteiger partial charge in [-0.3, -0.25) is 14.9 Å². The number of nitrogens with zero attached hydrogens (tertiary/aromatic N) is 2. The standard InChI is InChI=1S/C14H14BrClN2O3/c15-8-6-9-4-5-10(7-8)17(9)14(19)13-11(16)2-1-3-12(13)18(20)21/h1-3,8-10H,4-7H2. The normalized spacial score (nSPS) is 27.7.